The third-order valence-electron chi connectivity index (χ3n) is 4.09. The summed E-state index contributed by atoms with van der Waals surface area (Å²) in [7, 11) is 0. The molecule has 0 aliphatic heterocycles. The number of nitrogens with one attached hydrogen (secondary N) is 3. The monoisotopic (exact) mass is 351 g/mol. The van der Waals surface area contributed by atoms with Gasteiger partial charge in [0.2, 0.25) is 11.8 Å². The van der Waals surface area contributed by atoms with Crippen LogP contribution < -0.4 is 16.0 Å². The van der Waals surface area contributed by atoms with Crippen molar-refractivity contribution in [3.05, 3.63) is 59.7 Å². The Bertz CT molecular complexity index is 809. The molecule has 0 aromatic heterocycles. The standard InChI is InChI=1S/C20H21N3O3/c1-13(24)22-17-8-10-18(11-9-17)23-20(26)16-4-2-14(3-5-16)12-21-19(25)15-6-7-15/h2-5,8-11,15H,6-7,12H2,1H3,(H,21,25)(H,22,24)(H,23,26). The van der Waals surface area contributed by atoms with E-state index in [4.69, 9.17) is 0 Å². The van der Waals surface area contributed by atoms with Crippen LogP contribution in [0.25, 0.3) is 0 Å². The summed E-state index contributed by atoms with van der Waals surface area (Å²) >= 11 is 0. The van der Waals surface area contributed by atoms with Crippen LogP contribution in [0.15, 0.2) is 48.5 Å². The molecule has 0 unspecified atom stereocenters. The third kappa shape index (κ3) is 4.92. The van der Waals surface area contributed by atoms with Crippen LogP contribution in [0, 0.1) is 5.92 Å². The average molecular weight is 351 g/mol. The highest BCUT2D eigenvalue weighted by Gasteiger charge is 2.29. The molecule has 1 aliphatic carbocycles. The molecular formula is C20H21N3O3. The van der Waals surface area contributed by atoms with Gasteiger partial charge in [-0.2, -0.15) is 0 Å². The number of rotatable bonds is 6. The maximum atomic E-state index is 12.3. The highest BCUT2D eigenvalue weighted by Crippen LogP contribution is 2.28. The fourth-order valence-electron chi connectivity index (χ4n) is 2.50. The minimum atomic E-state index is -0.217. The largest absolute Gasteiger partial charge is 0.352 e. The van der Waals surface area contributed by atoms with Gasteiger partial charge in [-0.05, 0) is 54.8 Å². The van der Waals surface area contributed by atoms with Crippen molar-refractivity contribution in [3.63, 3.8) is 0 Å². The first-order chi connectivity index (χ1) is 12.5. The number of hydrogen-bond donors (Lipinski definition) is 3. The minimum Gasteiger partial charge on any atom is -0.352 e. The molecule has 26 heavy (non-hydrogen) atoms. The first-order valence-corrected chi connectivity index (χ1v) is 8.57. The van der Waals surface area contributed by atoms with Crippen LogP contribution in [-0.2, 0) is 16.1 Å². The van der Waals surface area contributed by atoms with E-state index >= 15 is 0 Å². The molecule has 6 heteroatoms. The Morgan fingerprint density at radius 2 is 1.46 bits per heavy atom. The number of amides is 3. The molecule has 1 saturated carbocycles. The normalized spacial score (nSPS) is 13.0. The zero-order chi connectivity index (χ0) is 18.5. The molecule has 1 fully saturated rings. The molecule has 1 aliphatic rings. The van der Waals surface area contributed by atoms with Crippen molar-refractivity contribution in [2.75, 3.05) is 10.6 Å². The molecule has 0 radical (unpaired) electrons. The Morgan fingerprint density at radius 3 is 2.00 bits per heavy atom. The summed E-state index contributed by atoms with van der Waals surface area (Å²) in [4.78, 5) is 34.9. The second kappa shape index (κ2) is 7.82. The first-order valence-electron chi connectivity index (χ1n) is 8.57. The Balaban J connectivity index is 1.53. The van der Waals surface area contributed by atoms with Gasteiger partial charge in [-0.25, -0.2) is 0 Å². The summed E-state index contributed by atoms with van der Waals surface area (Å²) in [6.45, 7) is 1.92. The van der Waals surface area contributed by atoms with Gasteiger partial charge in [0.25, 0.3) is 5.91 Å². The van der Waals surface area contributed by atoms with Gasteiger partial charge in [-0.3, -0.25) is 14.4 Å². The molecule has 2 aromatic rings. The van der Waals surface area contributed by atoms with Gasteiger partial charge in [0.05, 0.1) is 0 Å². The Hall–Kier alpha value is -3.15. The lowest BCUT2D eigenvalue weighted by molar-refractivity contribution is -0.122. The molecule has 0 atom stereocenters. The van der Waals surface area contributed by atoms with Crippen molar-refractivity contribution in [3.8, 4) is 0 Å². The summed E-state index contributed by atoms with van der Waals surface area (Å²) < 4.78 is 0. The first kappa shape index (κ1) is 17.7. The van der Waals surface area contributed by atoms with Crippen LogP contribution >= 0.6 is 0 Å². The Labute approximate surface area is 152 Å². The molecule has 0 spiro atoms. The molecule has 0 bridgehead atoms. The highest BCUT2D eigenvalue weighted by molar-refractivity contribution is 6.04. The number of carbonyl (C=O) groups is 3. The van der Waals surface area contributed by atoms with Gasteiger partial charge < -0.3 is 16.0 Å². The number of hydrogen-bond acceptors (Lipinski definition) is 3. The van der Waals surface area contributed by atoms with Gasteiger partial charge in [0, 0.05) is 36.3 Å². The zero-order valence-electron chi connectivity index (χ0n) is 14.5. The van der Waals surface area contributed by atoms with Crippen molar-refractivity contribution >= 4 is 29.1 Å². The van der Waals surface area contributed by atoms with Crippen molar-refractivity contribution in [2.45, 2.75) is 26.3 Å². The van der Waals surface area contributed by atoms with E-state index in [2.05, 4.69) is 16.0 Å². The van der Waals surface area contributed by atoms with Gasteiger partial charge in [0.1, 0.15) is 0 Å². The quantitative estimate of drug-likeness (QED) is 0.748. The molecule has 3 N–H and O–H groups in total. The van der Waals surface area contributed by atoms with E-state index in [9.17, 15) is 14.4 Å². The number of carbonyl (C=O) groups excluding carboxylic acids is 3. The van der Waals surface area contributed by atoms with E-state index in [0.29, 0.717) is 23.5 Å². The highest BCUT2D eigenvalue weighted by atomic mass is 16.2. The van der Waals surface area contributed by atoms with Crippen LogP contribution in [0.3, 0.4) is 0 Å². The Kier molecular flexibility index (Phi) is 5.31. The van der Waals surface area contributed by atoms with Crippen LogP contribution in [0.4, 0.5) is 11.4 Å². The van der Waals surface area contributed by atoms with Gasteiger partial charge in [-0.15, -0.1) is 0 Å². The Morgan fingerprint density at radius 1 is 0.885 bits per heavy atom. The van der Waals surface area contributed by atoms with Crippen LogP contribution in [-0.4, -0.2) is 17.7 Å². The molecule has 134 valence electrons. The second-order valence-electron chi connectivity index (χ2n) is 6.40. The SMILES string of the molecule is CC(=O)Nc1ccc(NC(=O)c2ccc(CNC(=O)C3CC3)cc2)cc1. The average Bonchev–Trinajstić information content (AvgIpc) is 3.46. The molecule has 6 nitrogen and oxygen atoms in total. The van der Waals surface area contributed by atoms with Gasteiger partial charge in [0.15, 0.2) is 0 Å². The lowest BCUT2D eigenvalue weighted by atomic mass is 10.1. The summed E-state index contributed by atoms with van der Waals surface area (Å²) in [5.74, 6) is -0.0624. The fraction of sp³-hybridized carbons (Fsp3) is 0.250. The minimum absolute atomic E-state index is 0.106. The predicted molar refractivity (Wildman–Crippen MR) is 99.7 cm³/mol. The molecule has 3 rings (SSSR count). The topological polar surface area (TPSA) is 87.3 Å². The van der Waals surface area contributed by atoms with Crippen molar-refractivity contribution in [1.29, 1.82) is 0 Å². The summed E-state index contributed by atoms with van der Waals surface area (Å²) in [6, 6.07) is 14.0. The number of benzene rings is 2. The van der Waals surface area contributed by atoms with Crippen LogP contribution in [0.2, 0.25) is 0 Å². The maximum absolute atomic E-state index is 12.3. The van der Waals surface area contributed by atoms with E-state index in [-0.39, 0.29) is 23.6 Å². The van der Waals surface area contributed by atoms with Crippen molar-refractivity contribution < 1.29 is 14.4 Å². The zero-order valence-corrected chi connectivity index (χ0v) is 14.5. The smallest absolute Gasteiger partial charge is 0.255 e. The summed E-state index contributed by atoms with van der Waals surface area (Å²) in [5.41, 5.74) is 2.81. The van der Waals surface area contributed by atoms with Gasteiger partial charge in [-0.1, -0.05) is 12.1 Å². The second-order valence-corrected chi connectivity index (χ2v) is 6.40. The number of anilines is 2. The lowest BCUT2D eigenvalue weighted by Crippen LogP contribution is -2.24. The van der Waals surface area contributed by atoms with Crippen LogP contribution in [0.1, 0.15) is 35.7 Å². The summed E-state index contributed by atoms with van der Waals surface area (Å²) in [5, 5.41) is 8.38. The van der Waals surface area contributed by atoms with E-state index < -0.39 is 0 Å². The van der Waals surface area contributed by atoms with E-state index in [1.807, 2.05) is 12.1 Å². The van der Waals surface area contributed by atoms with Crippen molar-refractivity contribution in [2.24, 2.45) is 5.92 Å². The van der Waals surface area contributed by atoms with E-state index in [1.165, 1.54) is 6.92 Å². The molecular weight excluding hydrogens is 330 g/mol. The third-order valence-corrected chi connectivity index (χ3v) is 4.09. The van der Waals surface area contributed by atoms with Gasteiger partial charge >= 0.3 is 0 Å². The van der Waals surface area contributed by atoms with Crippen molar-refractivity contribution in [1.82, 2.24) is 5.32 Å². The lowest BCUT2D eigenvalue weighted by Gasteiger charge is -2.08. The molecule has 2 aromatic carbocycles. The van der Waals surface area contributed by atoms with E-state index in [1.54, 1.807) is 36.4 Å². The maximum Gasteiger partial charge on any atom is 0.255 e. The summed E-state index contributed by atoms with van der Waals surface area (Å²) in [6.07, 6.45) is 1.97. The predicted octanol–water partition coefficient (Wildman–Crippen LogP) is 2.92. The van der Waals surface area contributed by atoms with Crippen LogP contribution in [0.5, 0.6) is 0 Å². The molecule has 3 amide bonds. The fourth-order valence-corrected chi connectivity index (χ4v) is 2.50. The molecule has 0 heterocycles. The van der Waals surface area contributed by atoms with E-state index in [0.717, 1.165) is 18.4 Å². The molecule has 0 saturated heterocycles.